The van der Waals surface area contributed by atoms with E-state index in [1.807, 2.05) is 31.2 Å². The molecule has 0 heterocycles. The highest BCUT2D eigenvalue weighted by Crippen LogP contribution is 2.11. The minimum atomic E-state index is -0.0432. The Morgan fingerprint density at radius 1 is 1.40 bits per heavy atom. The lowest BCUT2D eigenvalue weighted by Crippen LogP contribution is -2.15. The van der Waals surface area contributed by atoms with Crippen LogP contribution in [0.15, 0.2) is 24.3 Å². The van der Waals surface area contributed by atoms with Crippen LogP contribution in [0.4, 0.5) is 5.69 Å². The molecule has 0 saturated carbocycles. The Bertz CT molecular complexity index is 317. The van der Waals surface area contributed by atoms with Crippen LogP contribution in [-0.4, -0.2) is 11.9 Å². The summed E-state index contributed by atoms with van der Waals surface area (Å²) in [5.74, 6) is -0.0432. The number of aryl methyl sites for hydroxylation is 1. The summed E-state index contributed by atoms with van der Waals surface area (Å²) in [4.78, 5) is 10.8. The molecule has 1 aromatic rings. The normalized spacial score (nSPS) is 12.2. The molecule has 0 spiro atoms. The maximum Gasteiger partial charge on any atom is 0.221 e. The average molecular weight is 206 g/mol. The van der Waals surface area contributed by atoms with Crippen molar-refractivity contribution >= 4 is 11.6 Å². The first-order valence-corrected chi connectivity index (χ1v) is 5.20. The summed E-state index contributed by atoms with van der Waals surface area (Å²) >= 11 is 0. The number of nitrogens with one attached hydrogen (secondary N) is 1. The first-order chi connectivity index (χ1) is 7.08. The van der Waals surface area contributed by atoms with E-state index in [9.17, 15) is 4.79 Å². The van der Waals surface area contributed by atoms with E-state index in [-0.39, 0.29) is 11.9 Å². The molecule has 1 atom stereocenters. The molecule has 3 heteroatoms. The Morgan fingerprint density at radius 2 is 2.00 bits per heavy atom. The molecule has 0 bridgehead atoms. The predicted octanol–water partition coefficient (Wildman–Crippen LogP) is 1.92. The first kappa shape index (κ1) is 11.7. The van der Waals surface area contributed by atoms with Crippen molar-refractivity contribution in [1.29, 1.82) is 0 Å². The van der Waals surface area contributed by atoms with E-state index in [1.54, 1.807) is 0 Å². The molecule has 82 valence electrons. The third kappa shape index (κ3) is 4.61. The molecule has 3 N–H and O–H groups in total. The Hall–Kier alpha value is -1.35. The quantitative estimate of drug-likeness (QED) is 0.790. The highest BCUT2D eigenvalue weighted by Gasteiger charge is 1.98. The second-order valence-electron chi connectivity index (χ2n) is 3.89. The van der Waals surface area contributed by atoms with Gasteiger partial charge in [0.15, 0.2) is 0 Å². The van der Waals surface area contributed by atoms with E-state index in [1.165, 1.54) is 12.5 Å². The summed E-state index contributed by atoms with van der Waals surface area (Å²) in [6.45, 7) is 3.51. The molecule has 3 nitrogen and oxygen atoms in total. The molecule has 1 rings (SSSR count). The van der Waals surface area contributed by atoms with Gasteiger partial charge in [0.2, 0.25) is 5.91 Å². The van der Waals surface area contributed by atoms with E-state index < -0.39 is 0 Å². The zero-order valence-electron chi connectivity index (χ0n) is 9.29. The average Bonchev–Trinajstić information content (AvgIpc) is 2.16. The second kappa shape index (κ2) is 5.51. The third-order valence-corrected chi connectivity index (χ3v) is 2.16. The van der Waals surface area contributed by atoms with Gasteiger partial charge < -0.3 is 11.1 Å². The number of carbonyl (C=O) groups excluding carboxylic acids is 1. The molecular weight excluding hydrogens is 188 g/mol. The van der Waals surface area contributed by atoms with E-state index in [0.29, 0.717) is 0 Å². The van der Waals surface area contributed by atoms with Crippen LogP contribution in [0, 0.1) is 0 Å². The molecule has 15 heavy (non-hydrogen) atoms. The number of hydrogen-bond acceptors (Lipinski definition) is 2. The SMILES string of the molecule is CC(=O)Nc1ccc(CCC(C)N)cc1. The predicted molar refractivity (Wildman–Crippen MR) is 62.7 cm³/mol. The van der Waals surface area contributed by atoms with Crippen molar-refractivity contribution in [3.8, 4) is 0 Å². The highest BCUT2D eigenvalue weighted by atomic mass is 16.1. The summed E-state index contributed by atoms with van der Waals surface area (Å²) < 4.78 is 0. The Kier molecular flexibility index (Phi) is 4.31. The molecule has 0 aliphatic carbocycles. The van der Waals surface area contributed by atoms with Gasteiger partial charge >= 0.3 is 0 Å². The van der Waals surface area contributed by atoms with Gasteiger partial charge in [-0.2, -0.15) is 0 Å². The minimum Gasteiger partial charge on any atom is -0.328 e. The number of hydrogen-bond donors (Lipinski definition) is 2. The van der Waals surface area contributed by atoms with Crippen molar-refractivity contribution in [3.63, 3.8) is 0 Å². The standard InChI is InChI=1S/C12H18N2O/c1-9(13)3-4-11-5-7-12(8-6-11)14-10(2)15/h5-9H,3-4,13H2,1-2H3,(H,14,15). The monoisotopic (exact) mass is 206 g/mol. The van der Waals surface area contributed by atoms with Gasteiger partial charge in [0.1, 0.15) is 0 Å². The fourth-order valence-electron chi connectivity index (χ4n) is 1.35. The molecule has 0 aliphatic heterocycles. The summed E-state index contributed by atoms with van der Waals surface area (Å²) in [6.07, 6.45) is 1.97. The number of benzene rings is 1. The van der Waals surface area contributed by atoms with Crippen LogP contribution in [0.5, 0.6) is 0 Å². The first-order valence-electron chi connectivity index (χ1n) is 5.20. The minimum absolute atomic E-state index is 0.0432. The van der Waals surface area contributed by atoms with Gasteiger partial charge in [0.25, 0.3) is 0 Å². The summed E-state index contributed by atoms with van der Waals surface area (Å²) in [5, 5.41) is 2.73. The van der Waals surface area contributed by atoms with E-state index in [4.69, 9.17) is 5.73 Å². The molecular formula is C12H18N2O. The number of nitrogens with two attached hydrogens (primary N) is 1. The number of rotatable bonds is 4. The van der Waals surface area contributed by atoms with Crippen LogP contribution in [0.3, 0.4) is 0 Å². The Balaban J connectivity index is 2.52. The van der Waals surface area contributed by atoms with Crippen molar-refractivity contribution in [1.82, 2.24) is 0 Å². The van der Waals surface area contributed by atoms with Crippen LogP contribution < -0.4 is 11.1 Å². The van der Waals surface area contributed by atoms with Gasteiger partial charge in [-0.05, 0) is 37.5 Å². The fourth-order valence-corrected chi connectivity index (χ4v) is 1.35. The van der Waals surface area contributed by atoms with Crippen LogP contribution in [0.2, 0.25) is 0 Å². The van der Waals surface area contributed by atoms with Gasteiger partial charge in [0, 0.05) is 18.7 Å². The molecule has 1 aromatic carbocycles. The maximum absolute atomic E-state index is 10.8. The molecule has 1 amide bonds. The van der Waals surface area contributed by atoms with Crippen molar-refractivity contribution in [2.75, 3.05) is 5.32 Å². The zero-order valence-corrected chi connectivity index (χ0v) is 9.29. The molecule has 0 aliphatic rings. The lowest BCUT2D eigenvalue weighted by Gasteiger charge is -2.06. The summed E-state index contributed by atoms with van der Waals surface area (Å²) in [5.41, 5.74) is 7.77. The molecule has 1 unspecified atom stereocenters. The third-order valence-electron chi connectivity index (χ3n) is 2.16. The topological polar surface area (TPSA) is 55.1 Å². The maximum atomic E-state index is 10.8. The van der Waals surface area contributed by atoms with Crippen LogP contribution in [0.25, 0.3) is 0 Å². The van der Waals surface area contributed by atoms with Gasteiger partial charge in [0.05, 0.1) is 0 Å². The van der Waals surface area contributed by atoms with Crippen LogP contribution in [0.1, 0.15) is 25.8 Å². The van der Waals surface area contributed by atoms with Crippen molar-refractivity contribution in [2.24, 2.45) is 5.73 Å². The van der Waals surface area contributed by atoms with Crippen LogP contribution >= 0.6 is 0 Å². The molecule has 0 aromatic heterocycles. The lowest BCUT2D eigenvalue weighted by atomic mass is 10.1. The smallest absolute Gasteiger partial charge is 0.221 e. The fraction of sp³-hybridized carbons (Fsp3) is 0.417. The lowest BCUT2D eigenvalue weighted by molar-refractivity contribution is -0.114. The number of amides is 1. The number of anilines is 1. The molecule has 0 saturated heterocycles. The van der Waals surface area contributed by atoms with E-state index >= 15 is 0 Å². The molecule has 0 fully saturated rings. The second-order valence-corrected chi connectivity index (χ2v) is 3.89. The Morgan fingerprint density at radius 3 is 2.47 bits per heavy atom. The van der Waals surface area contributed by atoms with Gasteiger partial charge in [-0.15, -0.1) is 0 Å². The highest BCUT2D eigenvalue weighted by molar-refractivity contribution is 5.88. The van der Waals surface area contributed by atoms with Gasteiger partial charge in [-0.25, -0.2) is 0 Å². The van der Waals surface area contributed by atoms with E-state index in [2.05, 4.69) is 5.32 Å². The largest absolute Gasteiger partial charge is 0.328 e. The zero-order chi connectivity index (χ0) is 11.3. The van der Waals surface area contributed by atoms with E-state index in [0.717, 1.165) is 18.5 Å². The molecule has 0 radical (unpaired) electrons. The van der Waals surface area contributed by atoms with Crippen molar-refractivity contribution < 1.29 is 4.79 Å². The van der Waals surface area contributed by atoms with Gasteiger partial charge in [-0.1, -0.05) is 12.1 Å². The summed E-state index contributed by atoms with van der Waals surface area (Å²) in [7, 11) is 0. The Labute approximate surface area is 90.7 Å². The number of carbonyl (C=O) groups is 1. The van der Waals surface area contributed by atoms with Crippen LogP contribution in [-0.2, 0) is 11.2 Å². The summed E-state index contributed by atoms with van der Waals surface area (Å²) in [6, 6.07) is 8.11. The van der Waals surface area contributed by atoms with Crippen molar-refractivity contribution in [2.45, 2.75) is 32.7 Å². The van der Waals surface area contributed by atoms with Crippen molar-refractivity contribution in [3.05, 3.63) is 29.8 Å². The van der Waals surface area contributed by atoms with Gasteiger partial charge in [-0.3, -0.25) is 4.79 Å².